The van der Waals surface area contributed by atoms with E-state index in [0.717, 1.165) is 56.9 Å². The van der Waals surface area contributed by atoms with E-state index in [4.69, 9.17) is 4.74 Å². The molecule has 0 heterocycles. The van der Waals surface area contributed by atoms with Crippen molar-refractivity contribution < 1.29 is 19.4 Å². The van der Waals surface area contributed by atoms with Crippen molar-refractivity contribution in [3.63, 3.8) is 0 Å². The van der Waals surface area contributed by atoms with Gasteiger partial charge in [-0.25, -0.2) is 0 Å². The minimum Gasteiger partial charge on any atom is -0.504 e. The van der Waals surface area contributed by atoms with E-state index in [9.17, 15) is 14.7 Å². The fourth-order valence-electron chi connectivity index (χ4n) is 10.5. The molecule has 4 heteroatoms. The summed E-state index contributed by atoms with van der Waals surface area (Å²) in [5.41, 5.74) is 1.65. The Kier molecular flexibility index (Phi) is 5.30. The average molecular weight is 469 g/mol. The third kappa shape index (κ3) is 2.72. The van der Waals surface area contributed by atoms with Crippen LogP contribution in [0.15, 0.2) is 23.0 Å². The molecule has 188 valence electrons. The molecule has 0 bridgehead atoms. The molecule has 5 rings (SSSR count). The Morgan fingerprint density at radius 2 is 1.76 bits per heavy atom. The summed E-state index contributed by atoms with van der Waals surface area (Å²) in [6.45, 7) is 13.9. The van der Waals surface area contributed by atoms with E-state index in [-0.39, 0.29) is 39.2 Å². The molecule has 5 aliphatic rings. The lowest BCUT2D eigenvalue weighted by molar-refractivity contribution is -0.204. The highest BCUT2D eigenvalue weighted by atomic mass is 16.5. The molecule has 0 aliphatic heterocycles. The number of rotatable bonds is 2. The molecule has 0 aromatic carbocycles. The Balaban J connectivity index is 1.60. The highest BCUT2D eigenvalue weighted by Gasteiger charge is 2.70. The average Bonchev–Trinajstić information content (AvgIpc) is 3.18. The van der Waals surface area contributed by atoms with Crippen LogP contribution >= 0.6 is 0 Å². The second kappa shape index (κ2) is 7.46. The number of hydrogen-bond donors (Lipinski definition) is 1. The molecule has 0 aromatic heterocycles. The molecule has 4 fully saturated rings. The molecule has 0 amide bonds. The minimum atomic E-state index is -0.313. The van der Waals surface area contributed by atoms with E-state index in [2.05, 4.69) is 34.6 Å². The fraction of sp³-hybridized carbons (Fsp3) is 0.800. The Hall–Kier alpha value is -1.58. The summed E-state index contributed by atoms with van der Waals surface area (Å²) in [5.74, 6) is 2.19. The van der Waals surface area contributed by atoms with Crippen molar-refractivity contribution >= 4 is 11.8 Å². The quantitative estimate of drug-likeness (QED) is 0.453. The topological polar surface area (TPSA) is 63.6 Å². The van der Waals surface area contributed by atoms with E-state index < -0.39 is 0 Å². The van der Waals surface area contributed by atoms with Gasteiger partial charge in [0.2, 0.25) is 5.78 Å². The second-order valence-electron chi connectivity index (χ2n) is 13.4. The number of carbonyl (C=O) groups is 2. The normalized spacial score (nSPS) is 48.0. The van der Waals surface area contributed by atoms with Gasteiger partial charge in [-0.3, -0.25) is 9.59 Å². The SMILES string of the molecule is COC(=O)[C@]12CC[C@@H](C(C)C)[C@@H]1[C@H]1CC[C@@H]3[C@@]4(C)C=C(O)C(=O)C(C)=C4CC[C@@]3(C)[C@]1(C)CC2. The summed E-state index contributed by atoms with van der Waals surface area (Å²) in [5, 5.41) is 10.6. The smallest absolute Gasteiger partial charge is 0.312 e. The lowest BCUT2D eigenvalue weighted by Gasteiger charge is -2.69. The predicted molar refractivity (Wildman–Crippen MR) is 133 cm³/mol. The summed E-state index contributed by atoms with van der Waals surface area (Å²) >= 11 is 0. The molecule has 0 radical (unpaired) electrons. The van der Waals surface area contributed by atoms with E-state index in [1.54, 1.807) is 7.11 Å². The van der Waals surface area contributed by atoms with Crippen molar-refractivity contribution in [2.45, 2.75) is 92.9 Å². The van der Waals surface area contributed by atoms with Crippen molar-refractivity contribution in [2.24, 2.45) is 51.2 Å². The molecule has 0 unspecified atom stereocenters. The molecular weight excluding hydrogens is 424 g/mol. The number of methoxy groups -OCH3 is 1. The standard InChI is InChI=1S/C30H44O4/c1-17(2)19-10-13-30(26(33)34-7)15-14-28(5)21(24(19)30)8-9-23-27(4)16-22(31)25(32)18(3)20(27)11-12-29(23,28)6/h16-17,19,21,23-24,31H,8-15H2,1-7H3/t19-,21+,23+,24+,27-,28+,29+,30-/m0/s1. The van der Waals surface area contributed by atoms with Crippen molar-refractivity contribution in [1.82, 2.24) is 0 Å². The van der Waals surface area contributed by atoms with E-state index in [1.807, 2.05) is 13.0 Å². The first-order valence-corrected chi connectivity index (χ1v) is 13.6. The molecular formula is C30H44O4. The first-order valence-electron chi connectivity index (χ1n) is 13.6. The van der Waals surface area contributed by atoms with E-state index >= 15 is 0 Å². The van der Waals surface area contributed by atoms with Gasteiger partial charge in [0.25, 0.3) is 0 Å². The minimum absolute atomic E-state index is 0.0325. The van der Waals surface area contributed by atoms with Gasteiger partial charge in [-0.15, -0.1) is 0 Å². The van der Waals surface area contributed by atoms with Crippen molar-refractivity contribution in [2.75, 3.05) is 7.11 Å². The van der Waals surface area contributed by atoms with Crippen LogP contribution in [-0.2, 0) is 14.3 Å². The molecule has 4 nitrogen and oxygen atoms in total. The zero-order valence-electron chi connectivity index (χ0n) is 22.3. The van der Waals surface area contributed by atoms with Crippen LogP contribution in [0.2, 0.25) is 0 Å². The predicted octanol–water partition coefficient (Wildman–Crippen LogP) is 6.80. The van der Waals surface area contributed by atoms with Crippen molar-refractivity contribution in [3.8, 4) is 0 Å². The fourth-order valence-corrected chi connectivity index (χ4v) is 10.5. The van der Waals surface area contributed by atoms with Crippen molar-refractivity contribution in [1.29, 1.82) is 0 Å². The van der Waals surface area contributed by atoms with Gasteiger partial charge in [-0.2, -0.15) is 0 Å². The van der Waals surface area contributed by atoms with E-state index in [1.165, 1.54) is 5.57 Å². The van der Waals surface area contributed by atoms with Crippen molar-refractivity contribution in [3.05, 3.63) is 23.0 Å². The summed E-state index contributed by atoms with van der Waals surface area (Å²) in [6, 6.07) is 0. The molecule has 0 spiro atoms. The number of esters is 1. The van der Waals surface area contributed by atoms with Gasteiger partial charge < -0.3 is 9.84 Å². The number of hydrogen-bond acceptors (Lipinski definition) is 4. The summed E-state index contributed by atoms with van der Waals surface area (Å²) in [7, 11) is 1.57. The van der Waals surface area contributed by atoms with Crippen LogP contribution in [0.5, 0.6) is 0 Å². The Bertz CT molecular complexity index is 990. The number of aliphatic hydroxyl groups is 1. The lowest BCUT2D eigenvalue weighted by atomic mass is 9.34. The van der Waals surface area contributed by atoms with Crippen LogP contribution < -0.4 is 0 Å². The largest absolute Gasteiger partial charge is 0.504 e. The van der Waals surface area contributed by atoms with Crippen LogP contribution in [-0.4, -0.2) is 24.0 Å². The van der Waals surface area contributed by atoms with Gasteiger partial charge in [-0.05, 0) is 105 Å². The maximum Gasteiger partial charge on any atom is 0.312 e. The zero-order chi connectivity index (χ0) is 24.8. The van der Waals surface area contributed by atoms with Gasteiger partial charge in [0, 0.05) is 11.0 Å². The highest BCUT2D eigenvalue weighted by molar-refractivity contribution is 6.08. The van der Waals surface area contributed by atoms with Gasteiger partial charge in [0.1, 0.15) is 0 Å². The Labute approximate surface area is 205 Å². The number of carbonyl (C=O) groups excluding carboxylic acids is 2. The lowest BCUT2D eigenvalue weighted by Crippen LogP contribution is -2.64. The van der Waals surface area contributed by atoms with Crippen LogP contribution in [0.1, 0.15) is 92.9 Å². The van der Waals surface area contributed by atoms with Gasteiger partial charge in [-0.1, -0.05) is 40.2 Å². The van der Waals surface area contributed by atoms with Crippen LogP contribution in [0.25, 0.3) is 0 Å². The number of Topliss-reactive ketones (excluding diaryl/α,β-unsaturated/α-hetero) is 1. The zero-order valence-corrected chi connectivity index (χ0v) is 22.3. The number of ether oxygens (including phenoxy) is 1. The summed E-state index contributed by atoms with van der Waals surface area (Å²) in [4.78, 5) is 25.9. The summed E-state index contributed by atoms with van der Waals surface area (Å²) < 4.78 is 5.47. The Morgan fingerprint density at radius 1 is 1.06 bits per heavy atom. The molecule has 0 saturated heterocycles. The Morgan fingerprint density at radius 3 is 2.41 bits per heavy atom. The first kappa shape index (κ1) is 24.1. The number of ketones is 1. The van der Waals surface area contributed by atoms with Crippen LogP contribution in [0, 0.1) is 51.2 Å². The monoisotopic (exact) mass is 468 g/mol. The highest BCUT2D eigenvalue weighted by Crippen LogP contribution is 2.76. The first-order chi connectivity index (χ1) is 15.9. The number of aliphatic hydroxyl groups excluding tert-OH is 1. The second-order valence-corrected chi connectivity index (χ2v) is 13.4. The summed E-state index contributed by atoms with van der Waals surface area (Å²) in [6.07, 6.45) is 10.2. The third-order valence-electron chi connectivity index (χ3n) is 12.4. The molecule has 5 aliphatic carbocycles. The van der Waals surface area contributed by atoms with E-state index in [0.29, 0.717) is 29.6 Å². The van der Waals surface area contributed by atoms with Gasteiger partial charge in [0.15, 0.2) is 5.76 Å². The third-order valence-corrected chi connectivity index (χ3v) is 12.4. The number of allylic oxidation sites excluding steroid dienone is 3. The van der Waals surface area contributed by atoms with Crippen LogP contribution in [0.3, 0.4) is 0 Å². The molecule has 0 aromatic rings. The molecule has 8 atom stereocenters. The number of fused-ring (bicyclic) bond motifs is 7. The van der Waals surface area contributed by atoms with Gasteiger partial charge in [0.05, 0.1) is 12.5 Å². The van der Waals surface area contributed by atoms with Crippen LogP contribution in [0.4, 0.5) is 0 Å². The maximum atomic E-state index is 13.3. The maximum absolute atomic E-state index is 13.3. The van der Waals surface area contributed by atoms with Gasteiger partial charge >= 0.3 is 5.97 Å². The molecule has 4 saturated carbocycles. The molecule has 34 heavy (non-hydrogen) atoms. The molecule has 1 N–H and O–H groups in total.